The van der Waals surface area contributed by atoms with Gasteiger partial charge in [-0.25, -0.2) is 4.98 Å². The van der Waals surface area contributed by atoms with Crippen LogP contribution in [-0.4, -0.2) is 14.5 Å². The first kappa shape index (κ1) is 13.3. The second kappa shape index (κ2) is 5.27. The number of hydrogen-bond donors (Lipinski definition) is 0. The number of rotatable bonds is 4. The van der Waals surface area contributed by atoms with Crippen molar-refractivity contribution >= 4 is 22.6 Å². The summed E-state index contributed by atoms with van der Waals surface area (Å²) in [6.07, 6.45) is 4.73. The number of alkyl halides is 1. The summed E-state index contributed by atoms with van der Waals surface area (Å²) in [4.78, 5) is 8.74. The van der Waals surface area contributed by atoms with E-state index in [2.05, 4.69) is 35.3 Å². The summed E-state index contributed by atoms with van der Waals surface area (Å²) in [7, 11) is 0. The van der Waals surface area contributed by atoms with E-state index in [4.69, 9.17) is 11.6 Å². The lowest BCUT2D eigenvalue weighted by atomic mass is 10.0. The Morgan fingerprint density at radius 1 is 1.28 bits per heavy atom. The van der Waals surface area contributed by atoms with Crippen LogP contribution in [0.1, 0.15) is 51.4 Å². The highest BCUT2D eigenvalue weighted by atomic mass is 35.5. The van der Waals surface area contributed by atoms with Crippen molar-refractivity contribution < 1.29 is 0 Å². The van der Waals surface area contributed by atoms with Crippen molar-refractivity contribution in [2.75, 3.05) is 0 Å². The summed E-state index contributed by atoms with van der Waals surface area (Å²) < 4.78 is 2.26. The molecule has 2 atom stereocenters. The molecule has 0 spiro atoms. The first-order valence-corrected chi connectivity index (χ1v) is 6.90. The zero-order chi connectivity index (χ0) is 13.3. The minimum atomic E-state index is -0.0907. The lowest BCUT2D eigenvalue weighted by Crippen LogP contribution is -2.12. The number of fused-ring (bicyclic) bond motifs is 1. The molecule has 2 unspecified atom stereocenters. The van der Waals surface area contributed by atoms with Crippen LogP contribution in [0.5, 0.6) is 0 Å². The summed E-state index contributed by atoms with van der Waals surface area (Å²) in [6, 6.07) is 2.41. The van der Waals surface area contributed by atoms with Gasteiger partial charge in [0.1, 0.15) is 11.3 Å². The molecule has 0 N–H and O–H groups in total. The van der Waals surface area contributed by atoms with E-state index in [-0.39, 0.29) is 5.38 Å². The van der Waals surface area contributed by atoms with E-state index in [0.717, 1.165) is 23.3 Å². The molecule has 2 heterocycles. The normalized spacial score (nSPS) is 15.2. The Labute approximate surface area is 113 Å². The summed E-state index contributed by atoms with van der Waals surface area (Å²) >= 11 is 6.26. The van der Waals surface area contributed by atoms with Crippen LogP contribution in [0.2, 0.25) is 0 Å². The molecular formula is C14H20ClN3. The molecule has 0 aliphatic rings. The highest BCUT2D eigenvalue weighted by Gasteiger charge is 2.19. The number of imidazole rings is 1. The van der Waals surface area contributed by atoms with Crippen LogP contribution in [0.15, 0.2) is 18.5 Å². The van der Waals surface area contributed by atoms with Crippen LogP contribution in [-0.2, 0) is 0 Å². The van der Waals surface area contributed by atoms with E-state index < -0.39 is 0 Å². The molecule has 0 aliphatic carbocycles. The van der Waals surface area contributed by atoms with Gasteiger partial charge >= 0.3 is 0 Å². The van der Waals surface area contributed by atoms with Crippen LogP contribution in [0.25, 0.3) is 11.0 Å². The minimum absolute atomic E-state index is 0.0907. The quantitative estimate of drug-likeness (QED) is 0.770. The molecule has 2 aromatic rings. The van der Waals surface area contributed by atoms with E-state index in [0.29, 0.717) is 12.0 Å². The summed E-state index contributed by atoms with van der Waals surface area (Å²) in [6.45, 7) is 8.67. The number of nitrogens with zero attached hydrogens (tertiary/aromatic N) is 3. The van der Waals surface area contributed by atoms with Crippen molar-refractivity contribution in [2.24, 2.45) is 5.92 Å². The van der Waals surface area contributed by atoms with Crippen LogP contribution in [0, 0.1) is 5.92 Å². The van der Waals surface area contributed by atoms with Crippen molar-refractivity contribution in [3.8, 4) is 0 Å². The zero-order valence-electron chi connectivity index (χ0n) is 11.4. The molecule has 98 valence electrons. The Morgan fingerprint density at radius 2 is 2.00 bits per heavy atom. The topological polar surface area (TPSA) is 30.7 Å². The Balaban J connectivity index is 2.54. The van der Waals surface area contributed by atoms with Gasteiger partial charge in [-0.3, -0.25) is 4.98 Å². The predicted octanol–water partition coefficient (Wildman–Crippen LogP) is 4.34. The van der Waals surface area contributed by atoms with Gasteiger partial charge < -0.3 is 4.57 Å². The highest BCUT2D eigenvalue weighted by Crippen LogP contribution is 2.30. The average Bonchev–Trinajstić information content (AvgIpc) is 2.67. The largest absolute Gasteiger partial charge is 0.324 e. The maximum absolute atomic E-state index is 6.26. The van der Waals surface area contributed by atoms with Gasteiger partial charge in [0, 0.05) is 12.2 Å². The second-order valence-corrected chi connectivity index (χ2v) is 5.95. The maximum atomic E-state index is 6.26. The van der Waals surface area contributed by atoms with Crippen molar-refractivity contribution in [3.05, 3.63) is 24.3 Å². The molecule has 3 nitrogen and oxygen atoms in total. The molecule has 2 aromatic heterocycles. The van der Waals surface area contributed by atoms with Gasteiger partial charge in [-0.1, -0.05) is 13.8 Å². The molecule has 0 fully saturated rings. The van der Waals surface area contributed by atoms with Gasteiger partial charge in [-0.05, 0) is 32.3 Å². The van der Waals surface area contributed by atoms with Crippen molar-refractivity contribution in [2.45, 2.75) is 45.5 Å². The standard InChI is InChI=1S/C14H20ClN3/c1-9(2)7-10(3)18-13-5-6-16-8-12(13)17-14(18)11(4)15/h5-6,8-11H,7H2,1-4H3. The molecule has 0 aliphatic heterocycles. The van der Waals surface area contributed by atoms with Gasteiger partial charge in [0.2, 0.25) is 0 Å². The molecule has 0 radical (unpaired) electrons. The summed E-state index contributed by atoms with van der Waals surface area (Å²) in [5, 5.41) is -0.0907. The third-order valence-electron chi connectivity index (χ3n) is 3.13. The first-order chi connectivity index (χ1) is 8.50. The van der Waals surface area contributed by atoms with Crippen molar-refractivity contribution in [1.29, 1.82) is 0 Å². The fourth-order valence-corrected chi connectivity index (χ4v) is 2.65. The lowest BCUT2D eigenvalue weighted by Gasteiger charge is -2.20. The summed E-state index contributed by atoms with van der Waals surface area (Å²) in [5.41, 5.74) is 2.05. The van der Waals surface area contributed by atoms with E-state index >= 15 is 0 Å². The second-order valence-electron chi connectivity index (χ2n) is 5.30. The zero-order valence-corrected chi connectivity index (χ0v) is 12.1. The molecule has 0 bridgehead atoms. The molecule has 0 amide bonds. The van der Waals surface area contributed by atoms with Gasteiger partial charge in [0.25, 0.3) is 0 Å². The molecule has 0 saturated carbocycles. The fourth-order valence-electron chi connectivity index (χ4n) is 2.50. The SMILES string of the molecule is CC(C)CC(C)n1c(C(C)Cl)nc2cnccc21. The Kier molecular flexibility index (Phi) is 3.91. The molecule has 4 heteroatoms. The molecule has 18 heavy (non-hydrogen) atoms. The van der Waals surface area contributed by atoms with Crippen molar-refractivity contribution in [3.63, 3.8) is 0 Å². The van der Waals surface area contributed by atoms with E-state index in [1.54, 1.807) is 6.20 Å². The number of hydrogen-bond acceptors (Lipinski definition) is 2. The van der Waals surface area contributed by atoms with E-state index in [9.17, 15) is 0 Å². The number of halogens is 1. The molecule has 0 aromatic carbocycles. The van der Waals surface area contributed by atoms with Crippen LogP contribution >= 0.6 is 11.6 Å². The van der Waals surface area contributed by atoms with Gasteiger partial charge in [-0.2, -0.15) is 0 Å². The Morgan fingerprint density at radius 3 is 2.61 bits per heavy atom. The monoisotopic (exact) mass is 265 g/mol. The molecule has 2 rings (SSSR count). The Hall–Kier alpha value is -1.09. The van der Waals surface area contributed by atoms with E-state index in [1.807, 2.05) is 19.2 Å². The summed E-state index contributed by atoms with van der Waals surface area (Å²) in [5.74, 6) is 1.59. The average molecular weight is 266 g/mol. The van der Waals surface area contributed by atoms with Gasteiger partial charge in [-0.15, -0.1) is 11.6 Å². The highest BCUT2D eigenvalue weighted by molar-refractivity contribution is 6.20. The van der Waals surface area contributed by atoms with E-state index in [1.165, 1.54) is 0 Å². The fraction of sp³-hybridized carbons (Fsp3) is 0.571. The number of aromatic nitrogens is 3. The number of pyridine rings is 1. The van der Waals surface area contributed by atoms with Crippen LogP contribution in [0.3, 0.4) is 0 Å². The lowest BCUT2D eigenvalue weighted by molar-refractivity contribution is 0.425. The van der Waals surface area contributed by atoms with Gasteiger partial charge in [0.15, 0.2) is 0 Å². The third kappa shape index (κ3) is 2.51. The molecular weight excluding hydrogens is 246 g/mol. The Bertz CT molecular complexity index is 531. The minimum Gasteiger partial charge on any atom is -0.324 e. The molecule has 0 saturated heterocycles. The smallest absolute Gasteiger partial charge is 0.128 e. The first-order valence-electron chi connectivity index (χ1n) is 6.46. The van der Waals surface area contributed by atoms with Gasteiger partial charge in [0.05, 0.1) is 17.1 Å². The van der Waals surface area contributed by atoms with Crippen LogP contribution in [0.4, 0.5) is 0 Å². The predicted molar refractivity (Wildman–Crippen MR) is 76.0 cm³/mol. The van der Waals surface area contributed by atoms with Crippen molar-refractivity contribution in [1.82, 2.24) is 14.5 Å². The maximum Gasteiger partial charge on any atom is 0.128 e. The van der Waals surface area contributed by atoms with Crippen LogP contribution < -0.4 is 0 Å². The third-order valence-corrected chi connectivity index (χ3v) is 3.32.